The third-order valence-electron chi connectivity index (χ3n) is 5.02. The summed E-state index contributed by atoms with van der Waals surface area (Å²) in [6.45, 7) is 6.41. The lowest BCUT2D eigenvalue weighted by Gasteiger charge is -2.33. The SMILES string of the molecule is CCCCN(C)C(=O)C1CCN(C(=O)Cc2ccccc2C)CC1. The summed E-state index contributed by atoms with van der Waals surface area (Å²) in [4.78, 5) is 28.7. The van der Waals surface area contributed by atoms with Crippen molar-refractivity contribution in [2.45, 2.75) is 46.0 Å². The van der Waals surface area contributed by atoms with Crippen LogP contribution in [0.25, 0.3) is 0 Å². The van der Waals surface area contributed by atoms with E-state index in [4.69, 9.17) is 0 Å². The molecule has 0 spiro atoms. The Hall–Kier alpha value is -1.84. The van der Waals surface area contributed by atoms with E-state index in [-0.39, 0.29) is 17.7 Å². The molecule has 0 aliphatic carbocycles. The maximum absolute atomic E-state index is 12.5. The smallest absolute Gasteiger partial charge is 0.226 e. The van der Waals surface area contributed by atoms with Gasteiger partial charge in [-0.1, -0.05) is 37.6 Å². The first-order chi connectivity index (χ1) is 11.5. The number of piperidine rings is 1. The summed E-state index contributed by atoms with van der Waals surface area (Å²) in [5, 5.41) is 0. The zero-order valence-corrected chi connectivity index (χ0v) is 15.3. The van der Waals surface area contributed by atoms with Gasteiger partial charge in [0.05, 0.1) is 6.42 Å². The van der Waals surface area contributed by atoms with Crippen LogP contribution < -0.4 is 0 Å². The number of hydrogen-bond acceptors (Lipinski definition) is 2. The predicted octanol–water partition coefficient (Wildman–Crippen LogP) is 3.03. The van der Waals surface area contributed by atoms with Crippen LogP contribution in [0.15, 0.2) is 24.3 Å². The van der Waals surface area contributed by atoms with Crippen molar-refractivity contribution in [3.8, 4) is 0 Å². The van der Waals surface area contributed by atoms with Crippen LogP contribution in [0.2, 0.25) is 0 Å². The Morgan fingerprint density at radius 2 is 1.88 bits per heavy atom. The van der Waals surface area contributed by atoms with Crippen molar-refractivity contribution in [2.24, 2.45) is 5.92 Å². The molecule has 4 nitrogen and oxygen atoms in total. The Morgan fingerprint density at radius 3 is 2.50 bits per heavy atom. The largest absolute Gasteiger partial charge is 0.346 e. The van der Waals surface area contributed by atoms with Crippen LogP contribution in [0.1, 0.15) is 43.7 Å². The fourth-order valence-electron chi connectivity index (χ4n) is 3.28. The van der Waals surface area contributed by atoms with E-state index in [2.05, 4.69) is 6.92 Å². The van der Waals surface area contributed by atoms with Crippen molar-refractivity contribution >= 4 is 11.8 Å². The lowest BCUT2D eigenvalue weighted by Crippen LogP contribution is -2.44. The number of amides is 2. The summed E-state index contributed by atoms with van der Waals surface area (Å²) in [7, 11) is 1.90. The molecular formula is C20H30N2O2. The molecule has 1 fully saturated rings. The predicted molar refractivity (Wildman–Crippen MR) is 96.7 cm³/mol. The van der Waals surface area contributed by atoms with Gasteiger partial charge in [-0.05, 0) is 37.3 Å². The number of aryl methyl sites for hydroxylation is 1. The van der Waals surface area contributed by atoms with Crippen molar-refractivity contribution in [2.75, 3.05) is 26.7 Å². The van der Waals surface area contributed by atoms with Gasteiger partial charge in [0, 0.05) is 32.6 Å². The molecule has 1 aromatic carbocycles. The Kier molecular flexibility index (Phi) is 6.83. The van der Waals surface area contributed by atoms with Crippen LogP contribution in [0.5, 0.6) is 0 Å². The van der Waals surface area contributed by atoms with E-state index in [0.29, 0.717) is 19.5 Å². The highest BCUT2D eigenvalue weighted by Crippen LogP contribution is 2.20. The minimum atomic E-state index is 0.0781. The molecule has 132 valence electrons. The molecular weight excluding hydrogens is 300 g/mol. The standard InChI is InChI=1S/C20H30N2O2/c1-4-5-12-21(3)20(24)17-10-13-22(14-11-17)19(23)15-18-9-7-6-8-16(18)2/h6-9,17H,4-5,10-15H2,1-3H3. The van der Waals surface area contributed by atoms with Gasteiger partial charge in [-0.3, -0.25) is 9.59 Å². The molecule has 1 heterocycles. The molecule has 0 bridgehead atoms. The summed E-state index contributed by atoms with van der Waals surface area (Å²) in [6, 6.07) is 8.04. The zero-order chi connectivity index (χ0) is 17.5. The van der Waals surface area contributed by atoms with Crippen molar-refractivity contribution < 1.29 is 9.59 Å². The van der Waals surface area contributed by atoms with E-state index < -0.39 is 0 Å². The zero-order valence-electron chi connectivity index (χ0n) is 15.3. The van der Waals surface area contributed by atoms with Gasteiger partial charge in [0.1, 0.15) is 0 Å². The molecule has 1 aliphatic heterocycles. The van der Waals surface area contributed by atoms with Crippen LogP contribution in [-0.2, 0) is 16.0 Å². The molecule has 24 heavy (non-hydrogen) atoms. The van der Waals surface area contributed by atoms with Gasteiger partial charge in [-0.25, -0.2) is 0 Å². The molecule has 4 heteroatoms. The number of rotatable bonds is 6. The average Bonchev–Trinajstić information content (AvgIpc) is 2.61. The number of nitrogens with zero attached hydrogens (tertiary/aromatic N) is 2. The minimum Gasteiger partial charge on any atom is -0.346 e. The van der Waals surface area contributed by atoms with Gasteiger partial charge >= 0.3 is 0 Å². The third-order valence-corrected chi connectivity index (χ3v) is 5.02. The van der Waals surface area contributed by atoms with Crippen molar-refractivity contribution in [3.05, 3.63) is 35.4 Å². The Balaban J connectivity index is 1.83. The first-order valence-corrected chi connectivity index (χ1v) is 9.10. The number of unbranched alkanes of at least 4 members (excludes halogenated alkanes) is 1. The molecule has 0 aromatic heterocycles. The molecule has 0 atom stereocenters. The number of carbonyl (C=O) groups excluding carboxylic acids is 2. The van der Waals surface area contributed by atoms with Crippen molar-refractivity contribution in [3.63, 3.8) is 0 Å². The Morgan fingerprint density at radius 1 is 1.21 bits per heavy atom. The molecule has 0 radical (unpaired) electrons. The lowest BCUT2D eigenvalue weighted by molar-refractivity contribution is -0.139. The second-order valence-corrected chi connectivity index (χ2v) is 6.87. The van der Waals surface area contributed by atoms with Crippen LogP contribution in [0, 0.1) is 12.8 Å². The van der Waals surface area contributed by atoms with E-state index in [0.717, 1.165) is 43.4 Å². The fourth-order valence-corrected chi connectivity index (χ4v) is 3.28. The highest BCUT2D eigenvalue weighted by Gasteiger charge is 2.28. The minimum absolute atomic E-state index is 0.0781. The highest BCUT2D eigenvalue weighted by molar-refractivity contribution is 5.81. The average molecular weight is 330 g/mol. The van der Waals surface area contributed by atoms with Gasteiger partial charge in [0.25, 0.3) is 0 Å². The molecule has 2 rings (SSSR count). The summed E-state index contributed by atoms with van der Waals surface area (Å²) in [5.41, 5.74) is 2.26. The fraction of sp³-hybridized carbons (Fsp3) is 0.600. The van der Waals surface area contributed by atoms with Crippen LogP contribution in [-0.4, -0.2) is 48.3 Å². The quantitative estimate of drug-likeness (QED) is 0.804. The summed E-state index contributed by atoms with van der Waals surface area (Å²) in [5.74, 6) is 0.498. The van der Waals surface area contributed by atoms with Crippen LogP contribution in [0.4, 0.5) is 0 Å². The van der Waals surface area contributed by atoms with Gasteiger partial charge in [-0.2, -0.15) is 0 Å². The summed E-state index contributed by atoms with van der Waals surface area (Å²) < 4.78 is 0. The molecule has 1 aromatic rings. The third kappa shape index (κ3) is 4.83. The van der Waals surface area contributed by atoms with Crippen molar-refractivity contribution in [1.82, 2.24) is 9.80 Å². The van der Waals surface area contributed by atoms with Gasteiger partial charge < -0.3 is 9.80 Å². The molecule has 1 aliphatic rings. The van der Waals surface area contributed by atoms with E-state index in [1.54, 1.807) is 0 Å². The summed E-state index contributed by atoms with van der Waals surface area (Å²) >= 11 is 0. The van der Waals surface area contributed by atoms with E-state index >= 15 is 0 Å². The molecule has 1 saturated heterocycles. The molecule has 2 amide bonds. The number of hydrogen-bond donors (Lipinski definition) is 0. The van der Waals surface area contributed by atoms with Crippen LogP contribution >= 0.6 is 0 Å². The first-order valence-electron chi connectivity index (χ1n) is 9.10. The second kappa shape index (κ2) is 8.86. The van der Waals surface area contributed by atoms with E-state index in [1.165, 1.54) is 0 Å². The van der Waals surface area contributed by atoms with Crippen molar-refractivity contribution in [1.29, 1.82) is 0 Å². The molecule has 0 N–H and O–H groups in total. The lowest BCUT2D eigenvalue weighted by atomic mass is 9.94. The monoisotopic (exact) mass is 330 g/mol. The number of carbonyl (C=O) groups is 2. The van der Waals surface area contributed by atoms with E-state index in [1.807, 2.05) is 48.0 Å². The summed E-state index contributed by atoms with van der Waals surface area (Å²) in [6.07, 6.45) is 4.19. The van der Waals surface area contributed by atoms with Gasteiger partial charge in [0.2, 0.25) is 11.8 Å². The number of likely N-dealkylation sites (tertiary alicyclic amines) is 1. The molecule has 0 unspecified atom stereocenters. The molecule has 0 saturated carbocycles. The van der Waals surface area contributed by atoms with Gasteiger partial charge in [0.15, 0.2) is 0 Å². The Labute approximate surface area is 145 Å². The highest BCUT2D eigenvalue weighted by atomic mass is 16.2. The first kappa shape index (κ1) is 18.5. The second-order valence-electron chi connectivity index (χ2n) is 6.87. The van der Waals surface area contributed by atoms with Crippen LogP contribution in [0.3, 0.4) is 0 Å². The maximum atomic E-state index is 12.5. The Bertz CT molecular complexity index is 563. The number of benzene rings is 1. The van der Waals surface area contributed by atoms with E-state index in [9.17, 15) is 9.59 Å². The maximum Gasteiger partial charge on any atom is 0.226 e. The normalized spacial score (nSPS) is 15.4. The van der Waals surface area contributed by atoms with Gasteiger partial charge in [-0.15, -0.1) is 0 Å². The topological polar surface area (TPSA) is 40.6 Å².